The minimum absolute atomic E-state index is 0.0508. The van der Waals surface area contributed by atoms with Crippen molar-refractivity contribution in [2.24, 2.45) is 0 Å². The monoisotopic (exact) mass is 351 g/mol. The van der Waals surface area contributed by atoms with Crippen molar-refractivity contribution < 1.29 is 9.59 Å². The molecule has 1 aliphatic heterocycles. The Bertz CT molecular complexity index is 781. The van der Waals surface area contributed by atoms with Crippen molar-refractivity contribution in [3.05, 3.63) is 59.4 Å². The van der Waals surface area contributed by atoms with Gasteiger partial charge in [-0.15, -0.1) is 0 Å². The lowest BCUT2D eigenvalue weighted by Gasteiger charge is -2.37. The summed E-state index contributed by atoms with van der Waals surface area (Å²) >= 11 is 0. The second-order valence-corrected chi connectivity index (χ2v) is 6.80. The number of benzene rings is 1. The van der Waals surface area contributed by atoms with Gasteiger partial charge in [-0.1, -0.05) is 18.2 Å². The van der Waals surface area contributed by atoms with Crippen LogP contribution in [0.4, 0.5) is 5.69 Å². The van der Waals surface area contributed by atoms with Crippen LogP contribution in [0.3, 0.4) is 0 Å². The molecule has 1 aromatic heterocycles. The molecule has 0 aliphatic carbocycles. The van der Waals surface area contributed by atoms with E-state index in [9.17, 15) is 9.59 Å². The molecule has 0 N–H and O–H groups in total. The highest BCUT2D eigenvalue weighted by molar-refractivity contribution is 5.96. The van der Waals surface area contributed by atoms with Gasteiger partial charge in [0.05, 0.1) is 0 Å². The highest BCUT2D eigenvalue weighted by Crippen LogP contribution is 2.23. The molecule has 0 atom stereocenters. The number of aryl methyl sites for hydroxylation is 2. The number of nitrogens with zero attached hydrogens (tertiary/aromatic N) is 3. The lowest BCUT2D eigenvalue weighted by Crippen LogP contribution is -2.49. The first-order chi connectivity index (χ1) is 12.5. The summed E-state index contributed by atoms with van der Waals surface area (Å²) in [4.78, 5) is 32.8. The number of ketones is 1. The van der Waals surface area contributed by atoms with E-state index in [-0.39, 0.29) is 24.5 Å². The normalized spacial score (nSPS) is 14.4. The van der Waals surface area contributed by atoms with Crippen LogP contribution in [0.1, 0.15) is 34.5 Å². The molecule has 2 heterocycles. The van der Waals surface area contributed by atoms with Gasteiger partial charge in [0.2, 0.25) is 5.91 Å². The summed E-state index contributed by atoms with van der Waals surface area (Å²) in [5.74, 6) is -0.0251. The molecule has 1 saturated heterocycles. The molecule has 26 heavy (non-hydrogen) atoms. The number of aromatic nitrogens is 1. The molecule has 0 radical (unpaired) electrons. The van der Waals surface area contributed by atoms with Crippen molar-refractivity contribution in [3.8, 4) is 0 Å². The summed E-state index contributed by atoms with van der Waals surface area (Å²) in [7, 11) is 0. The number of hydrogen-bond acceptors (Lipinski definition) is 4. The zero-order chi connectivity index (χ0) is 18.5. The minimum Gasteiger partial charge on any atom is -0.368 e. The number of pyridine rings is 1. The Labute approximate surface area is 154 Å². The number of rotatable bonds is 5. The Morgan fingerprint density at radius 3 is 2.46 bits per heavy atom. The average Bonchev–Trinajstić information content (AvgIpc) is 2.68. The first-order valence-electron chi connectivity index (χ1n) is 9.09. The lowest BCUT2D eigenvalue weighted by molar-refractivity contribution is -0.131. The summed E-state index contributed by atoms with van der Waals surface area (Å²) in [6.45, 7) is 7.26. The highest BCUT2D eigenvalue weighted by Gasteiger charge is 2.22. The number of carbonyl (C=O) groups excluding carboxylic acids is 2. The van der Waals surface area contributed by atoms with Gasteiger partial charge in [-0.05, 0) is 43.2 Å². The van der Waals surface area contributed by atoms with Crippen LogP contribution >= 0.6 is 0 Å². The van der Waals surface area contributed by atoms with Crippen molar-refractivity contribution in [3.63, 3.8) is 0 Å². The number of Topliss-reactive ketones (excluding diaryl/α,β-unsaturated/α-hetero) is 1. The van der Waals surface area contributed by atoms with Crippen LogP contribution in [-0.2, 0) is 4.79 Å². The smallest absolute Gasteiger partial charge is 0.223 e. The van der Waals surface area contributed by atoms with E-state index in [0.29, 0.717) is 18.8 Å². The SMILES string of the molecule is Cc1ccc(C)c(N2CCN(C(=O)CCC(=O)c3ccccn3)CC2)c1. The van der Waals surface area contributed by atoms with Crippen LogP contribution < -0.4 is 4.90 Å². The molecule has 1 fully saturated rings. The van der Waals surface area contributed by atoms with Gasteiger partial charge in [-0.25, -0.2) is 0 Å². The zero-order valence-corrected chi connectivity index (χ0v) is 15.4. The molecule has 5 nitrogen and oxygen atoms in total. The standard InChI is InChI=1S/C21H25N3O2/c1-16-6-7-17(2)19(15-16)23-11-13-24(14-12-23)21(26)9-8-20(25)18-5-3-4-10-22-18/h3-7,10,15H,8-9,11-14H2,1-2H3. The second kappa shape index (κ2) is 8.13. The molecule has 3 rings (SSSR count). The number of hydrogen-bond donors (Lipinski definition) is 0. The van der Waals surface area contributed by atoms with Gasteiger partial charge in [0.1, 0.15) is 5.69 Å². The molecule has 0 spiro atoms. The van der Waals surface area contributed by atoms with Gasteiger partial charge in [0, 0.05) is 50.9 Å². The average molecular weight is 351 g/mol. The van der Waals surface area contributed by atoms with Crippen LogP contribution in [0, 0.1) is 13.8 Å². The number of piperazine rings is 1. The predicted octanol–water partition coefficient (Wildman–Crippen LogP) is 3.01. The fraction of sp³-hybridized carbons (Fsp3) is 0.381. The lowest BCUT2D eigenvalue weighted by atomic mass is 10.1. The Hall–Kier alpha value is -2.69. The maximum absolute atomic E-state index is 12.4. The molecular weight excluding hydrogens is 326 g/mol. The van der Waals surface area contributed by atoms with Gasteiger partial charge in [-0.2, -0.15) is 0 Å². The molecule has 136 valence electrons. The third-order valence-electron chi connectivity index (χ3n) is 4.85. The summed E-state index contributed by atoms with van der Waals surface area (Å²) in [6.07, 6.45) is 2.06. The quantitative estimate of drug-likeness (QED) is 0.777. The highest BCUT2D eigenvalue weighted by atomic mass is 16.2. The van der Waals surface area contributed by atoms with E-state index >= 15 is 0 Å². The molecule has 1 aliphatic rings. The summed E-state index contributed by atoms with van der Waals surface area (Å²) in [6, 6.07) is 11.7. The van der Waals surface area contributed by atoms with Crippen LogP contribution in [0.5, 0.6) is 0 Å². The van der Waals surface area contributed by atoms with Crippen molar-refractivity contribution >= 4 is 17.4 Å². The van der Waals surface area contributed by atoms with E-state index in [1.165, 1.54) is 16.8 Å². The number of carbonyl (C=O) groups is 2. The van der Waals surface area contributed by atoms with E-state index in [1.54, 1.807) is 24.4 Å². The van der Waals surface area contributed by atoms with E-state index in [4.69, 9.17) is 0 Å². The molecule has 0 unspecified atom stereocenters. The molecule has 2 aromatic rings. The van der Waals surface area contributed by atoms with Gasteiger partial charge in [0.25, 0.3) is 0 Å². The predicted molar refractivity (Wildman–Crippen MR) is 103 cm³/mol. The largest absolute Gasteiger partial charge is 0.368 e. The van der Waals surface area contributed by atoms with Crippen molar-refractivity contribution in [1.82, 2.24) is 9.88 Å². The van der Waals surface area contributed by atoms with E-state index in [1.807, 2.05) is 4.90 Å². The Kier molecular flexibility index (Phi) is 5.66. The topological polar surface area (TPSA) is 53.5 Å². The van der Waals surface area contributed by atoms with E-state index in [2.05, 4.69) is 41.9 Å². The van der Waals surface area contributed by atoms with Crippen molar-refractivity contribution in [1.29, 1.82) is 0 Å². The van der Waals surface area contributed by atoms with Crippen LogP contribution in [0.2, 0.25) is 0 Å². The van der Waals surface area contributed by atoms with Gasteiger partial charge in [0.15, 0.2) is 5.78 Å². The maximum atomic E-state index is 12.4. The number of amides is 1. The molecule has 1 amide bonds. The minimum atomic E-state index is -0.0760. The fourth-order valence-corrected chi connectivity index (χ4v) is 3.29. The van der Waals surface area contributed by atoms with Gasteiger partial charge >= 0.3 is 0 Å². The first-order valence-corrected chi connectivity index (χ1v) is 9.09. The summed E-state index contributed by atoms with van der Waals surface area (Å²) in [5, 5.41) is 0. The Balaban J connectivity index is 1.51. The third kappa shape index (κ3) is 4.28. The molecule has 0 bridgehead atoms. The summed E-state index contributed by atoms with van der Waals surface area (Å²) < 4.78 is 0. The van der Waals surface area contributed by atoms with Crippen LogP contribution in [0.15, 0.2) is 42.6 Å². The molecule has 5 heteroatoms. The van der Waals surface area contributed by atoms with E-state index < -0.39 is 0 Å². The molecular formula is C21H25N3O2. The number of anilines is 1. The third-order valence-corrected chi connectivity index (χ3v) is 4.85. The molecule has 0 saturated carbocycles. The van der Waals surface area contributed by atoms with Gasteiger partial charge < -0.3 is 9.80 Å². The zero-order valence-electron chi connectivity index (χ0n) is 15.4. The van der Waals surface area contributed by atoms with Crippen LogP contribution in [0.25, 0.3) is 0 Å². The molecule has 1 aromatic carbocycles. The Morgan fingerprint density at radius 1 is 1.00 bits per heavy atom. The first kappa shape index (κ1) is 18.1. The maximum Gasteiger partial charge on any atom is 0.223 e. The fourth-order valence-electron chi connectivity index (χ4n) is 3.29. The Morgan fingerprint density at radius 2 is 1.77 bits per heavy atom. The second-order valence-electron chi connectivity index (χ2n) is 6.80. The van der Waals surface area contributed by atoms with Gasteiger partial charge in [-0.3, -0.25) is 14.6 Å². The van der Waals surface area contributed by atoms with Crippen molar-refractivity contribution in [2.45, 2.75) is 26.7 Å². The van der Waals surface area contributed by atoms with Crippen LogP contribution in [-0.4, -0.2) is 47.8 Å². The van der Waals surface area contributed by atoms with Crippen molar-refractivity contribution in [2.75, 3.05) is 31.1 Å². The van der Waals surface area contributed by atoms with E-state index in [0.717, 1.165) is 13.1 Å². The summed E-state index contributed by atoms with van der Waals surface area (Å²) in [5.41, 5.74) is 4.19.